The molecule has 0 spiro atoms. The number of methoxy groups -OCH3 is 1. The Bertz CT molecular complexity index is 966. The molecule has 2 rings (SSSR count). The predicted octanol–water partition coefficient (Wildman–Crippen LogP) is 1.74. The van der Waals surface area contributed by atoms with Crippen LogP contribution < -0.4 is 9.62 Å². The van der Waals surface area contributed by atoms with E-state index in [0.717, 1.165) is 39.7 Å². The van der Waals surface area contributed by atoms with Crippen LogP contribution in [0.25, 0.3) is 0 Å². The predicted molar refractivity (Wildman–Crippen MR) is 104 cm³/mol. The highest BCUT2D eigenvalue weighted by Crippen LogP contribution is 2.27. The summed E-state index contributed by atoms with van der Waals surface area (Å²) in [4.78, 5) is 23.7. The molecule has 0 aliphatic carbocycles. The van der Waals surface area contributed by atoms with Crippen molar-refractivity contribution in [3.8, 4) is 0 Å². The third-order valence-corrected chi connectivity index (χ3v) is 6.52. The number of sulfonamides is 1. The first-order valence-corrected chi connectivity index (χ1v) is 11.4. The summed E-state index contributed by atoms with van der Waals surface area (Å²) in [5, 5.41) is 10.2. The molecule has 13 heteroatoms. The number of benzene rings is 1. The molecule has 152 valence electrons. The number of carbonyl (C=O) groups excluding carboxylic acids is 2. The molecule has 0 fully saturated rings. The molecule has 1 N–H and O–H groups in total. The summed E-state index contributed by atoms with van der Waals surface area (Å²) in [6.07, 6.45) is 0.925. The highest BCUT2D eigenvalue weighted by atomic mass is 32.2. The first kappa shape index (κ1) is 22.0. The van der Waals surface area contributed by atoms with Gasteiger partial charge in [0.05, 0.1) is 24.8 Å². The molecule has 28 heavy (non-hydrogen) atoms. The third kappa shape index (κ3) is 5.87. The van der Waals surface area contributed by atoms with E-state index in [1.54, 1.807) is 0 Å². The summed E-state index contributed by atoms with van der Waals surface area (Å²) in [6, 6.07) is 3.76. The van der Waals surface area contributed by atoms with Crippen molar-refractivity contribution in [3.63, 3.8) is 0 Å². The molecule has 0 saturated heterocycles. The van der Waals surface area contributed by atoms with Gasteiger partial charge in [-0.3, -0.25) is 19.2 Å². The Morgan fingerprint density at radius 1 is 1.39 bits per heavy atom. The summed E-state index contributed by atoms with van der Waals surface area (Å²) in [7, 11) is -2.60. The standard InChI is InChI=1S/C15H17FN4O5S3/c1-9(20(28(3,23)24)11-6-4-5-10(16)7-11)13(22)17-14-18-19-15(27-14)26-8-12(21)25-2/h4-7,9H,8H2,1-3H3,(H,17,18,22). The number of rotatable bonds is 8. The normalized spacial score (nSPS) is 12.3. The average Bonchev–Trinajstić information content (AvgIpc) is 3.06. The van der Waals surface area contributed by atoms with Gasteiger partial charge in [0, 0.05) is 0 Å². The summed E-state index contributed by atoms with van der Waals surface area (Å²) >= 11 is 2.11. The third-order valence-electron chi connectivity index (χ3n) is 3.33. The number of amides is 1. The Balaban J connectivity index is 2.13. The number of hydrogen-bond acceptors (Lipinski definition) is 9. The first-order chi connectivity index (χ1) is 13.1. The minimum Gasteiger partial charge on any atom is -0.468 e. The van der Waals surface area contributed by atoms with Crippen molar-refractivity contribution >= 4 is 55.8 Å². The molecule has 1 aromatic carbocycles. The quantitative estimate of drug-likeness (QED) is 0.368. The van der Waals surface area contributed by atoms with Gasteiger partial charge in [0.25, 0.3) is 0 Å². The molecular formula is C15H17FN4O5S3. The number of nitrogens with one attached hydrogen (secondary N) is 1. The van der Waals surface area contributed by atoms with Crippen LogP contribution in [-0.4, -0.2) is 55.7 Å². The Kier molecular flexibility index (Phi) is 7.32. The lowest BCUT2D eigenvalue weighted by Gasteiger charge is -2.27. The highest BCUT2D eigenvalue weighted by molar-refractivity contribution is 8.01. The van der Waals surface area contributed by atoms with Gasteiger partial charge >= 0.3 is 5.97 Å². The van der Waals surface area contributed by atoms with Gasteiger partial charge in [-0.25, -0.2) is 12.8 Å². The van der Waals surface area contributed by atoms with Crippen LogP contribution >= 0.6 is 23.1 Å². The van der Waals surface area contributed by atoms with Gasteiger partial charge in [0.2, 0.25) is 21.1 Å². The molecule has 1 aromatic heterocycles. The fourth-order valence-electron chi connectivity index (χ4n) is 2.13. The number of carbonyl (C=O) groups is 2. The van der Waals surface area contributed by atoms with Crippen LogP contribution in [0.15, 0.2) is 28.6 Å². The summed E-state index contributed by atoms with van der Waals surface area (Å²) in [5.74, 6) is -1.69. The molecule has 0 aliphatic heterocycles. The van der Waals surface area contributed by atoms with Gasteiger partial charge in [-0.15, -0.1) is 10.2 Å². The maximum Gasteiger partial charge on any atom is 0.316 e. The zero-order chi connectivity index (χ0) is 20.9. The molecular weight excluding hydrogens is 431 g/mol. The highest BCUT2D eigenvalue weighted by Gasteiger charge is 2.30. The molecule has 1 atom stereocenters. The minimum atomic E-state index is -3.87. The lowest BCUT2D eigenvalue weighted by Crippen LogP contribution is -2.45. The zero-order valence-corrected chi connectivity index (χ0v) is 17.5. The number of hydrogen-bond donors (Lipinski definition) is 1. The topological polar surface area (TPSA) is 119 Å². The van der Waals surface area contributed by atoms with Crippen LogP contribution in [0, 0.1) is 5.82 Å². The van der Waals surface area contributed by atoms with Crippen molar-refractivity contribution in [2.24, 2.45) is 0 Å². The number of nitrogens with zero attached hydrogens (tertiary/aromatic N) is 3. The molecule has 0 radical (unpaired) electrons. The van der Waals surface area contributed by atoms with Gasteiger partial charge in [0.1, 0.15) is 11.9 Å². The molecule has 1 unspecified atom stereocenters. The van der Waals surface area contributed by atoms with E-state index < -0.39 is 33.8 Å². The average molecular weight is 449 g/mol. The summed E-state index contributed by atoms with van der Waals surface area (Å²) < 4.78 is 43.6. The van der Waals surface area contributed by atoms with Gasteiger partial charge < -0.3 is 4.74 Å². The molecule has 1 heterocycles. The lowest BCUT2D eigenvalue weighted by molar-refractivity contribution is -0.137. The number of ether oxygens (including phenoxy) is 1. The van der Waals surface area contributed by atoms with Crippen molar-refractivity contribution in [3.05, 3.63) is 30.1 Å². The lowest BCUT2D eigenvalue weighted by atomic mass is 10.2. The second kappa shape index (κ2) is 9.30. The van der Waals surface area contributed by atoms with Crippen LogP contribution in [-0.2, 0) is 24.3 Å². The van der Waals surface area contributed by atoms with Gasteiger partial charge in [-0.2, -0.15) is 0 Å². The fraction of sp³-hybridized carbons (Fsp3) is 0.333. The van der Waals surface area contributed by atoms with Gasteiger partial charge in [-0.1, -0.05) is 29.2 Å². The van der Waals surface area contributed by atoms with E-state index in [-0.39, 0.29) is 16.6 Å². The second-order valence-electron chi connectivity index (χ2n) is 5.44. The number of esters is 1. The molecule has 0 saturated carbocycles. The van der Waals surface area contributed by atoms with E-state index in [4.69, 9.17) is 0 Å². The van der Waals surface area contributed by atoms with Crippen LogP contribution in [0.1, 0.15) is 6.92 Å². The largest absolute Gasteiger partial charge is 0.468 e. The van der Waals surface area contributed by atoms with Crippen LogP contribution in [0.4, 0.5) is 15.2 Å². The molecule has 9 nitrogen and oxygen atoms in total. The number of anilines is 2. The Hall–Kier alpha value is -2.25. The molecule has 0 bridgehead atoms. The van der Waals surface area contributed by atoms with Crippen molar-refractivity contribution < 1.29 is 27.1 Å². The van der Waals surface area contributed by atoms with E-state index in [1.807, 2.05) is 0 Å². The number of aromatic nitrogens is 2. The second-order valence-corrected chi connectivity index (χ2v) is 9.50. The number of halogens is 1. The first-order valence-electron chi connectivity index (χ1n) is 7.70. The smallest absolute Gasteiger partial charge is 0.316 e. The van der Waals surface area contributed by atoms with Gasteiger partial charge in [0.15, 0.2) is 4.34 Å². The molecule has 2 aromatic rings. The summed E-state index contributed by atoms with van der Waals surface area (Å²) in [5.41, 5.74) is 0.0248. The van der Waals surface area contributed by atoms with E-state index >= 15 is 0 Å². The number of thioether (sulfide) groups is 1. The van der Waals surface area contributed by atoms with Crippen LogP contribution in [0.5, 0.6) is 0 Å². The molecule has 1 amide bonds. The van der Waals surface area contributed by atoms with Crippen molar-refractivity contribution in [2.75, 3.05) is 28.7 Å². The Morgan fingerprint density at radius 2 is 2.11 bits per heavy atom. The van der Waals surface area contributed by atoms with Gasteiger partial charge in [-0.05, 0) is 25.1 Å². The monoisotopic (exact) mass is 448 g/mol. The van der Waals surface area contributed by atoms with E-state index in [9.17, 15) is 22.4 Å². The van der Waals surface area contributed by atoms with Crippen LogP contribution in [0.3, 0.4) is 0 Å². The van der Waals surface area contributed by atoms with E-state index in [2.05, 4.69) is 20.3 Å². The molecule has 0 aliphatic rings. The zero-order valence-electron chi connectivity index (χ0n) is 15.1. The van der Waals surface area contributed by atoms with E-state index in [1.165, 1.54) is 32.2 Å². The summed E-state index contributed by atoms with van der Waals surface area (Å²) in [6.45, 7) is 1.37. The SMILES string of the molecule is COC(=O)CSc1nnc(NC(=O)C(C)N(c2cccc(F)c2)S(C)(=O)=O)s1. The van der Waals surface area contributed by atoms with Crippen molar-refractivity contribution in [1.82, 2.24) is 10.2 Å². The minimum absolute atomic E-state index is 0.0248. The van der Waals surface area contributed by atoms with Crippen molar-refractivity contribution in [1.29, 1.82) is 0 Å². The Labute approximate surface area is 169 Å². The Morgan fingerprint density at radius 3 is 2.71 bits per heavy atom. The fourth-order valence-corrected chi connectivity index (χ4v) is 4.88. The van der Waals surface area contributed by atoms with Crippen LogP contribution in [0.2, 0.25) is 0 Å². The maximum absolute atomic E-state index is 13.5. The van der Waals surface area contributed by atoms with E-state index in [0.29, 0.717) is 4.34 Å². The van der Waals surface area contributed by atoms with Crippen molar-refractivity contribution in [2.45, 2.75) is 17.3 Å². The maximum atomic E-state index is 13.5.